The highest BCUT2D eigenvalue weighted by Gasteiger charge is 2.35. The van der Waals surface area contributed by atoms with Crippen LogP contribution in [0.25, 0.3) is 0 Å². The quantitative estimate of drug-likeness (QED) is 0.824. The highest BCUT2D eigenvalue weighted by molar-refractivity contribution is 7.91. The second-order valence-electron chi connectivity index (χ2n) is 5.80. The number of carbonyl (C=O) groups excluding carboxylic acids is 1. The van der Waals surface area contributed by atoms with Crippen LogP contribution in [-0.2, 0) is 14.6 Å². The zero-order valence-electron chi connectivity index (χ0n) is 11.7. The van der Waals surface area contributed by atoms with Gasteiger partial charge in [-0.15, -0.1) is 0 Å². The summed E-state index contributed by atoms with van der Waals surface area (Å²) in [6, 6.07) is 0. The summed E-state index contributed by atoms with van der Waals surface area (Å²) in [5.41, 5.74) is -0.0638. The lowest BCUT2D eigenvalue weighted by molar-refractivity contribution is -0.132. The Balaban J connectivity index is 1.93. The number of amides is 1. The van der Waals surface area contributed by atoms with Gasteiger partial charge in [-0.25, -0.2) is 8.42 Å². The van der Waals surface area contributed by atoms with Crippen molar-refractivity contribution in [2.45, 2.75) is 44.1 Å². The van der Waals surface area contributed by atoms with Gasteiger partial charge in [0.05, 0.1) is 11.5 Å². The van der Waals surface area contributed by atoms with Gasteiger partial charge in [0.25, 0.3) is 0 Å². The van der Waals surface area contributed by atoms with Crippen LogP contribution in [0.4, 0.5) is 0 Å². The zero-order valence-corrected chi connectivity index (χ0v) is 12.5. The molecule has 2 aliphatic rings. The van der Waals surface area contributed by atoms with Crippen molar-refractivity contribution in [3.63, 3.8) is 0 Å². The first-order valence-corrected chi connectivity index (χ1v) is 8.96. The van der Waals surface area contributed by atoms with Crippen LogP contribution in [-0.4, -0.2) is 56.4 Å². The van der Waals surface area contributed by atoms with Crippen LogP contribution in [0.5, 0.6) is 0 Å². The molecule has 0 spiro atoms. The van der Waals surface area contributed by atoms with Crippen molar-refractivity contribution < 1.29 is 13.2 Å². The third-order valence-electron chi connectivity index (χ3n) is 4.53. The first-order valence-electron chi connectivity index (χ1n) is 7.14. The maximum Gasteiger partial charge on any atom is 0.224 e. The van der Waals surface area contributed by atoms with Crippen molar-refractivity contribution in [1.82, 2.24) is 10.2 Å². The molecule has 0 atom stereocenters. The molecule has 2 rings (SSSR count). The monoisotopic (exact) mass is 288 g/mol. The van der Waals surface area contributed by atoms with Gasteiger partial charge in [-0.3, -0.25) is 4.79 Å². The first-order chi connectivity index (χ1) is 8.96. The summed E-state index contributed by atoms with van der Waals surface area (Å²) in [4.78, 5) is 14.0. The Labute approximate surface area is 115 Å². The molecular weight excluding hydrogens is 264 g/mol. The predicted molar refractivity (Wildman–Crippen MR) is 74.7 cm³/mol. The van der Waals surface area contributed by atoms with Crippen molar-refractivity contribution in [1.29, 1.82) is 0 Å². The Morgan fingerprint density at radius 3 is 2.26 bits per heavy atom. The highest BCUT2D eigenvalue weighted by Crippen LogP contribution is 2.31. The van der Waals surface area contributed by atoms with E-state index in [4.69, 9.17) is 0 Å². The van der Waals surface area contributed by atoms with Gasteiger partial charge >= 0.3 is 0 Å². The standard InChI is InChI=1S/C13H24N2O3S/c1-14-13(5-3-2-4-6-13)11-12(16)15-7-9-19(17,18)10-8-15/h14H,2-11H2,1H3. The molecule has 0 bridgehead atoms. The zero-order chi connectivity index (χ0) is 13.9. The van der Waals surface area contributed by atoms with Gasteiger partial charge in [0.2, 0.25) is 5.91 Å². The van der Waals surface area contributed by atoms with E-state index < -0.39 is 9.84 Å². The smallest absolute Gasteiger partial charge is 0.224 e. The Morgan fingerprint density at radius 2 is 1.74 bits per heavy atom. The molecule has 0 radical (unpaired) electrons. The van der Waals surface area contributed by atoms with Crippen molar-refractivity contribution >= 4 is 15.7 Å². The summed E-state index contributed by atoms with van der Waals surface area (Å²) in [5.74, 6) is 0.336. The van der Waals surface area contributed by atoms with Crippen LogP contribution in [0.3, 0.4) is 0 Å². The lowest BCUT2D eigenvalue weighted by atomic mass is 9.79. The van der Waals surface area contributed by atoms with E-state index in [9.17, 15) is 13.2 Å². The molecule has 19 heavy (non-hydrogen) atoms. The summed E-state index contributed by atoms with van der Waals surface area (Å²) in [6.45, 7) is 0.724. The third kappa shape index (κ3) is 3.69. The predicted octanol–water partition coefficient (Wildman–Crippen LogP) is 0.556. The number of sulfone groups is 1. The second kappa shape index (κ2) is 5.79. The van der Waals surface area contributed by atoms with Crippen LogP contribution in [0, 0.1) is 0 Å². The summed E-state index contributed by atoms with van der Waals surface area (Å²) < 4.78 is 22.8. The molecule has 1 N–H and O–H groups in total. The van der Waals surface area contributed by atoms with Crippen molar-refractivity contribution in [2.24, 2.45) is 0 Å². The molecule has 1 saturated heterocycles. The molecule has 1 aliphatic carbocycles. The minimum atomic E-state index is -2.91. The van der Waals surface area contributed by atoms with Gasteiger partial charge < -0.3 is 10.2 Å². The number of hydrogen-bond donors (Lipinski definition) is 1. The van der Waals surface area contributed by atoms with Crippen LogP contribution in [0.15, 0.2) is 0 Å². The van der Waals surface area contributed by atoms with Gasteiger partial charge in [0.15, 0.2) is 9.84 Å². The maximum absolute atomic E-state index is 12.3. The fraction of sp³-hybridized carbons (Fsp3) is 0.923. The normalized spacial score (nSPS) is 26.1. The fourth-order valence-corrected chi connectivity index (χ4v) is 4.31. The molecule has 5 nitrogen and oxygen atoms in total. The summed E-state index contributed by atoms with van der Waals surface area (Å²) in [7, 11) is -0.983. The third-order valence-corrected chi connectivity index (χ3v) is 6.14. The minimum absolute atomic E-state index is 0.0638. The van der Waals surface area contributed by atoms with Crippen LogP contribution < -0.4 is 5.32 Å². The van der Waals surface area contributed by atoms with Crippen molar-refractivity contribution in [3.8, 4) is 0 Å². The van der Waals surface area contributed by atoms with Gasteiger partial charge in [-0.1, -0.05) is 19.3 Å². The van der Waals surface area contributed by atoms with E-state index in [1.54, 1.807) is 4.90 Å². The van der Waals surface area contributed by atoms with Gasteiger partial charge in [0.1, 0.15) is 0 Å². The van der Waals surface area contributed by atoms with E-state index in [0.29, 0.717) is 19.5 Å². The van der Waals surface area contributed by atoms with E-state index in [1.807, 2.05) is 7.05 Å². The average molecular weight is 288 g/mol. The molecule has 0 aromatic rings. The Morgan fingerprint density at radius 1 is 1.16 bits per heavy atom. The largest absolute Gasteiger partial charge is 0.341 e. The number of hydrogen-bond acceptors (Lipinski definition) is 4. The molecule has 1 heterocycles. The van der Waals surface area contributed by atoms with Crippen LogP contribution in [0.2, 0.25) is 0 Å². The summed E-state index contributed by atoms with van der Waals surface area (Å²) >= 11 is 0. The Bertz CT molecular complexity index is 413. The van der Waals surface area contributed by atoms with Gasteiger partial charge in [-0.05, 0) is 19.9 Å². The second-order valence-corrected chi connectivity index (χ2v) is 8.10. The molecule has 0 aromatic carbocycles. The number of carbonyl (C=O) groups is 1. The molecule has 2 fully saturated rings. The molecule has 110 valence electrons. The van der Waals surface area contributed by atoms with Gasteiger partial charge in [-0.2, -0.15) is 0 Å². The van der Waals surface area contributed by atoms with E-state index in [0.717, 1.165) is 12.8 Å². The number of nitrogens with one attached hydrogen (secondary N) is 1. The lowest BCUT2D eigenvalue weighted by Crippen LogP contribution is -2.51. The van der Waals surface area contributed by atoms with Crippen LogP contribution in [0.1, 0.15) is 38.5 Å². The Kier molecular flexibility index (Phi) is 4.50. The van der Waals surface area contributed by atoms with E-state index in [1.165, 1.54) is 19.3 Å². The molecule has 0 unspecified atom stereocenters. The van der Waals surface area contributed by atoms with E-state index >= 15 is 0 Å². The van der Waals surface area contributed by atoms with Gasteiger partial charge in [0, 0.05) is 25.0 Å². The molecule has 1 aliphatic heterocycles. The van der Waals surface area contributed by atoms with Crippen LogP contribution >= 0.6 is 0 Å². The maximum atomic E-state index is 12.3. The summed E-state index contributed by atoms with van der Waals surface area (Å²) in [6.07, 6.45) is 6.18. The molecule has 0 aromatic heterocycles. The summed E-state index contributed by atoms with van der Waals surface area (Å²) in [5, 5.41) is 3.34. The minimum Gasteiger partial charge on any atom is -0.341 e. The SMILES string of the molecule is CNC1(CC(=O)N2CCS(=O)(=O)CC2)CCCCC1. The fourth-order valence-electron chi connectivity index (χ4n) is 3.11. The molecule has 6 heteroatoms. The van der Waals surface area contributed by atoms with Crippen molar-refractivity contribution in [3.05, 3.63) is 0 Å². The van der Waals surface area contributed by atoms with E-state index in [-0.39, 0.29) is 23.0 Å². The first kappa shape index (κ1) is 14.8. The van der Waals surface area contributed by atoms with E-state index in [2.05, 4.69) is 5.32 Å². The number of nitrogens with zero attached hydrogens (tertiary/aromatic N) is 1. The molecule has 1 saturated carbocycles. The highest BCUT2D eigenvalue weighted by atomic mass is 32.2. The molecule has 1 amide bonds. The average Bonchev–Trinajstić information content (AvgIpc) is 2.39. The Hall–Kier alpha value is -0.620. The van der Waals surface area contributed by atoms with Crippen molar-refractivity contribution in [2.75, 3.05) is 31.6 Å². The molecular formula is C13H24N2O3S. The number of rotatable bonds is 3. The topological polar surface area (TPSA) is 66.5 Å². The lowest BCUT2D eigenvalue weighted by Gasteiger charge is -2.38.